The molecule has 0 spiro atoms. The van der Waals surface area contributed by atoms with E-state index in [4.69, 9.17) is 18.3 Å². The zero-order valence-corrected chi connectivity index (χ0v) is 15.9. The molecule has 8 heteroatoms. The molecule has 1 N–H and O–H groups in total. The number of nitrogens with zero attached hydrogens (tertiary/aromatic N) is 1. The van der Waals surface area contributed by atoms with Crippen molar-refractivity contribution in [2.45, 2.75) is 0 Å². The Morgan fingerprint density at radius 1 is 1.00 bits per heavy atom. The average Bonchev–Trinajstić information content (AvgIpc) is 3.47. The predicted molar refractivity (Wildman–Crippen MR) is 105 cm³/mol. The summed E-state index contributed by atoms with van der Waals surface area (Å²) in [6.45, 7) is 0. The molecule has 0 bridgehead atoms. The van der Waals surface area contributed by atoms with E-state index in [-0.39, 0.29) is 5.91 Å². The smallest absolute Gasteiger partial charge is 0.257 e. The molecule has 0 saturated heterocycles. The molecule has 0 atom stereocenters. The summed E-state index contributed by atoms with van der Waals surface area (Å²) in [6, 6.07) is 12.2. The number of carbonyl (C=O) groups excluding carboxylic acids is 1. The summed E-state index contributed by atoms with van der Waals surface area (Å²) in [5.74, 6) is 1.95. The van der Waals surface area contributed by atoms with Crippen LogP contribution in [-0.4, -0.2) is 25.1 Å². The minimum atomic E-state index is -0.331. The molecule has 1 amide bonds. The second-order valence-corrected chi connectivity index (χ2v) is 6.71. The molecule has 0 aliphatic rings. The number of carbonyl (C=O) groups is 1. The lowest BCUT2D eigenvalue weighted by molar-refractivity contribution is 0.102. The van der Waals surface area contributed by atoms with Crippen LogP contribution >= 0.6 is 11.3 Å². The van der Waals surface area contributed by atoms with Crippen LogP contribution in [0.1, 0.15) is 10.4 Å². The number of hydrogen-bond donors (Lipinski definition) is 1. The summed E-state index contributed by atoms with van der Waals surface area (Å²) in [6.07, 6.45) is 3.16. The van der Waals surface area contributed by atoms with Crippen molar-refractivity contribution in [1.82, 2.24) is 4.98 Å². The fourth-order valence-electron chi connectivity index (χ4n) is 2.64. The monoisotopic (exact) mass is 396 g/mol. The summed E-state index contributed by atoms with van der Waals surface area (Å²) in [5.41, 5.74) is 0.994. The van der Waals surface area contributed by atoms with Crippen LogP contribution in [0.2, 0.25) is 0 Å². The first-order valence-electron chi connectivity index (χ1n) is 8.31. The lowest BCUT2D eigenvalue weighted by Gasteiger charge is -2.08. The van der Waals surface area contributed by atoms with Gasteiger partial charge in [0.1, 0.15) is 27.8 Å². The Balaban J connectivity index is 1.67. The quantitative estimate of drug-likeness (QED) is 0.497. The van der Waals surface area contributed by atoms with E-state index >= 15 is 0 Å². The fourth-order valence-corrected chi connectivity index (χ4v) is 3.57. The van der Waals surface area contributed by atoms with Crippen LogP contribution in [0.25, 0.3) is 22.1 Å². The van der Waals surface area contributed by atoms with E-state index < -0.39 is 0 Å². The lowest BCUT2D eigenvalue weighted by atomic mass is 10.2. The molecule has 0 unspecified atom stereocenters. The highest BCUT2D eigenvalue weighted by atomic mass is 32.1. The number of rotatable bonds is 6. The number of nitrogens with one attached hydrogen (secondary N) is 1. The van der Waals surface area contributed by atoms with Gasteiger partial charge in [-0.05, 0) is 36.4 Å². The largest absolute Gasteiger partial charge is 0.497 e. The van der Waals surface area contributed by atoms with Gasteiger partial charge in [0.2, 0.25) is 0 Å². The van der Waals surface area contributed by atoms with Crippen molar-refractivity contribution < 1.29 is 23.1 Å². The standard InChI is InChI=1S/C20H16N2O5S/c1-24-13-9-12(10-14(11-13)25-2)19(23)22-20-21-17(15-5-3-7-26-15)18(28-20)16-6-4-8-27-16/h3-11H,1-2H3,(H,21,22,23). The summed E-state index contributed by atoms with van der Waals surface area (Å²) in [4.78, 5) is 18.0. The van der Waals surface area contributed by atoms with Crippen LogP contribution in [0.5, 0.6) is 11.5 Å². The molecule has 4 aromatic rings. The van der Waals surface area contributed by atoms with Crippen molar-refractivity contribution in [3.05, 3.63) is 60.6 Å². The molecule has 0 aliphatic heterocycles. The van der Waals surface area contributed by atoms with Crippen LogP contribution < -0.4 is 14.8 Å². The SMILES string of the molecule is COc1cc(OC)cc(C(=O)Nc2nc(-c3ccco3)c(-c3ccco3)s2)c1. The van der Waals surface area contributed by atoms with Gasteiger partial charge in [-0.3, -0.25) is 10.1 Å². The van der Waals surface area contributed by atoms with E-state index in [2.05, 4.69) is 10.3 Å². The van der Waals surface area contributed by atoms with Gasteiger partial charge in [-0.2, -0.15) is 0 Å². The van der Waals surface area contributed by atoms with Gasteiger partial charge in [0.25, 0.3) is 5.91 Å². The van der Waals surface area contributed by atoms with E-state index in [1.54, 1.807) is 48.9 Å². The first-order valence-corrected chi connectivity index (χ1v) is 9.12. The van der Waals surface area contributed by atoms with Crippen molar-refractivity contribution in [3.8, 4) is 33.6 Å². The van der Waals surface area contributed by atoms with Gasteiger partial charge >= 0.3 is 0 Å². The van der Waals surface area contributed by atoms with Gasteiger partial charge in [0.15, 0.2) is 10.9 Å². The molecule has 142 valence electrons. The Morgan fingerprint density at radius 2 is 1.64 bits per heavy atom. The molecule has 0 radical (unpaired) electrons. The lowest BCUT2D eigenvalue weighted by Crippen LogP contribution is -2.12. The molecule has 1 aromatic carbocycles. The summed E-state index contributed by atoms with van der Waals surface area (Å²) < 4.78 is 21.4. The topological polar surface area (TPSA) is 86.7 Å². The summed E-state index contributed by atoms with van der Waals surface area (Å²) >= 11 is 1.30. The van der Waals surface area contributed by atoms with Crippen LogP contribution in [0.3, 0.4) is 0 Å². The molecule has 3 aromatic heterocycles. The van der Waals surface area contributed by atoms with Crippen LogP contribution in [-0.2, 0) is 0 Å². The van der Waals surface area contributed by atoms with Gasteiger partial charge < -0.3 is 18.3 Å². The maximum Gasteiger partial charge on any atom is 0.257 e. The maximum absolute atomic E-state index is 12.7. The number of methoxy groups -OCH3 is 2. The molecule has 4 rings (SSSR count). The third-order valence-electron chi connectivity index (χ3n) is 3.96. The fraction of sp³-hybridized carbons (Fsp3) is 0.100. The van der Waals surface area contributed by atoms with Gasteiger partial charge in [-0.15, -0.1) is 0 Å². The van der Waals surface area contributed by atoms with Crippen molar-refractivity contribution >= 4 is 22.4 Å². The predicted octanol–water partition coefficient (Wildman–Crippen LogP) is 4.93. The van der Waals surface area contributed by atoms with Gasteiger partial charge in [0.05, 0.1) is 26.7 Å². The summed E-state index contributed by atoms with van der Waals surface area (Å²) in [5, 5.41) is 3.24. The number of amides is 1. The molecule has 0 aliphatic carbocycles. The zero-order chi connectivity index (χ0) is 19.5. The van der Waals surface area contributed by atoms with Gasteiger partial charge in [-0.1, -0.05) is 11.3 Å². The zero-order valence-electron chi connectivity index (χ0n) is 15.1. The van der Waals surface area contributed by atoms with Gasteiger partial charge in [0, 0.05) is 11.6 Å². The van der Waals surface area contributed by atoms with Crippen LogP contribution in [0.4, 0.5) is 5.13 Å². The van der Waals surface area contributed by atoms with E-state index in [0.717, 1.165) is 4.88 Å². The number of hydrogen-bond acceptors (Lipinski definition) is 7. The Hall–Kier alpha value is -3.52. The Morgan fingerprint density at radius 3 is 2.21 bits per heavy atom. The van der Waals surface area contributed by atoms with Crippen molar-refractivity contribution in [2.24, 2.45) is 0 Å². The Bertz CT molecular complexity index is 1010. The minimum Gasteiger partial charge on any atom is -0.497 e. The highest BCUT2D eigenvalue weighted by molar-refractivity contribution is 7.19. The Labute approximate surface area is 164 Å². The molecule has 0 saturated carbocycles. The summed E-state index contributed by atoms with van der Waals surface area (Å²) in [7, 11) is 3.06. The van der Waals surface area contributed by atoms with Crippen LogP contribution in [0, 0.1) is 0 Å². The van der Waals surface area contributed by atoms with E-state index in [1.807, 2.05) is 6.07 Å². The average molecular weight is 396 g/mol. The van der Waals surface area contributed by atoms with Crippen LogP contribution in [0.15, 0.2) is 63.8 Å². The second kappa shape index (κ2) is 7.61. The first kappa shape index (κ1) is 17.9. The third kappa shape index (κ3) is 3.49. The minimum absolute atomic E-state index is 0.331. The van der Waals surface area contributed by atoms with E-state index in [0.29, 0.717) is 39.4 Å². The number of anilines is 1. The van der Waals surface area contributed by atoms with Gasteiger partial charge in [-0.25, -0.2) is 4.98 Å². The highest BCUT2D eigenvalue weighted by Gasteiger charge is 2.20. The molecule has 3 heterocycles. The number of ether oxygens (including phenoxy) is 2. The Kier molecular flexibility index (Phi) is 4.86. The molecule has 0 fully saturated rings. The highest BCUT2D eigenvalue weighted by Crippen LogP contribution is 2.39. The molecular formula is C20H16N2O5S. The number of aromatic nitrogens is 1. The number of thiazole rings is 1. The van der Waals surface area contributed by atoms with Crippen molar-refractivity contribution in [2.75, 3.05) is 19.5 Å². The normalized spacial score (nSPS) is 10.6. The van der Waals surface area contributed by atoms with Crippen molar-refractivity contribution in [1.29, 1.82) is 0 Å². The third-order valence-corrected chi connectivity index (χ3v) is 4.95. The molecule has 28 heavy (non-hydrogen) atoms. The van der Waals surface area contributed by atoms with E-state index in [1.165, 1.54) is 25.6 Å². The molecule has 7 nitrogen and oxygen atoms in total. The first-order chi connectivity index (χ1) is 13.7. The number of benzene rings is 1. The maximum atomic E-state index is 12.7. The second-order valence-electron chi connectivity index (χ2n) is 5.71. The molecular weight excluding hydrogens is 380 g/mol. The number of furan rings is 2. The van der Waals surface area contributed by atoms with Crippen molar-refractivity contribution in [3.63, 3.8) is 0 Å². The van der Waals surface area contributed by atoms with E-state index in [9.17, 15) is 4.79 Å².